The molecule has 2 aromatic rings. The largest absolute Gasteiger partial charge is 0.337 e. The van der Waals surface area contributed by atoms with Gasteiger partial charge in [-0.2, -0.15) is 0 Å². The summed E-state index contributed by atoms with van der Waals surface area (Å²) >= 11 is 5.98. The molecule has 0 bridgehead atoms. The number of carbonyl (C=O) groups excluding carboxylic acids is 1. The smallest absolute Gasteiger partial charge is 0.258 e. The minimum absolute atomic E-state index is 0.0354. The van der Waals surface area contributed by atoms with Crippen LogP contribution in [-0.4, -0.2) is 51.4 Å². The van der Waals surface area contributed by atoms with Crippen molar-refractivity contribution in [2.24, 2.45) is 7.05 Å². The molecule has 1 saturated heterocycles. The maximum atomic E-state index is 13.9. The van der Waals surface area contributed by atoms with E-state index in [-0.39, 0.29) is 16.5 Å². The number of rotatable bonds is 3. The van der Waals surface area contributed by atoms with Gasteiger partial charge in [0.2, 0.25) is 0 Å². The lowest BCUT2D eigenvalue weighted by Gasteiger charge is -2.34. The molecule has 0 radical (unpaired) electrons. The molecule has 23 heavy (non-hydrogen) atoms. The van der Waals surface area contributed by atoms with Crippen LogP contribution in [0.1, 0.15) is 16.2 Å². The molecule has 1 aromatic carbocycles. The summed E-state index contributed by atoms with van der Waals surface area (Å²) in [7, 11) is 1.96. The van der Waals surface area contributed by atoms with E-state index in [9.17, 15) is 9.18 Å². The molecule has 7 heteroatoms. The van der Waals surface area contributed by atoms with E-state index in [4.69, 9.17) is 11.6 Å². The fourth-order valence-corrected chi connectivity index (χ4v) is 2.96. The summed E-state index contributed by atoms with van der Waals surface area (Å²) in [5.41, 5.74) is -0.0354. The predicted octanol–water partition coefficient (Wildman–Crippen LogP) is 2.17. The van der Waals surface area contributed by atoms with Crippen molar-refractivity contribution in [2.45, 2.75) is 6.54 Å². The van der Waals surface area contributed by atoms with E-state index < -0.39 is 5.82 Å². The molecule has 0 atom stereocenters. The second-order valence-electron chi connectivity index (χ2n) is 5.62. The summed E-state index contributed by atoms with van der Waals surface area (Å²) in [5, 5.41) is 0.158. The van der Waals surface area contributed by atoms with Gasteiger partial charge < -0.3 is 9.47 Å². The molecule has 0 saturated carbocycles. The van der Waals surface area contributed by atoms with Gasteiger partial charge >= 0.3 is 0 Å². The molecule has 0 spiro atoms. The first-order valence-corrected chi connectivity index (χ1v) is 7.86. The van der Waals surface area contributed by atoms with E-state index in [1.807, 2.05) is 17.8 Å². The van der Waals surface area contributed by atoms with Crippen molar-refractivity contribution in [3.05, 3.63) is 52.8 Å². The average Bonchev–Trinajstić information content (AvgIpc) is 2.93. The molecule has 1 aromatic heterocycles. The zero-order chi connectivity index (χ0) is 16.4. The van der Waals surface area contributed by atoms with Crippen LogP contribution in [0.2, 0.25) is 5.02 Å². The predicted molar refractivity (Wildman–Crippen MR) is 85.8 cm³/mol. The summed E-state index contributed by atoms with van der Waals surface area (Å²) in [4.78, 5) is 20.7. The number of aromatic nitrogens is 2. The van der Waals surface area contributed by atoms with Gasteiger partial charge in [-0.15, -0.1) is 0 Å². The Morgan fingerprint density at radius 1 is 1.30 bits per heavy atom. The van der Waals surface area contributed by atoms with E-state index >= 15 is 0 Å². The SMILES string of the molecule is Cn1ccnc1CN1CCN(C(=O)c2c(F)cccc2Cl)CC1. The topological polar surface area (TPSA) is 41.4 Å². The van der Waals surface area contributed by atoms with Crippen molar-refractivity contribution in [2.75, 3.05) is 26.2 Å². The monoisotopic (exact) mass is 336 g/mol. The molecule has 3 rings (SSSR count). The van der Waals surface area contributed by atoms with Crippen molar-refractivity contribution in [1.82, 2.24) is 19.4 Å². The van der Waals surface area contributed by atoms with Crippen LogP contribution in [-0.2, 0) is 13.6 Å². The van der Waals surface area contributed by atoms with E-state index in [0.717, 1.165) is 25.5 Å². The third-order valence-corrected chi connectivity index (χ3v) is 4.44. The zero-order valence-corrected chi connectivity index (χ0v) is 13.6. The van der Waals surface area contributed by atoms with Gasteiger partial charge in [-0.1, -0.05) is 17.7 Å². The van der Waals surface area contributed by atoms with Crippen molar-refractivity contribution < 1.29 is 9.18 Å². The maximum absolute atomic E-state index is 13.9. The van der Waals surface area contributed by atoms with Crippen LogP contribution in [0.15, 0.2) is 30.6 Å². The van der Waals surface area contributed by atoms with Crippen LogP contribution in [0, 0.1) is 5.82 Å². The maximum Gasteiger partial charge on any atom is 0.258 e. The van der Waals surface area contributed by atoms with Crippen molar-refractivity contribution in [1.29, 1.82) is 0 Å². The average molecular weight is 337 g/mol. The number of hydrogen-bond acceptors (Lipinski definition) is 3. The number of nitrogens with zero attached hydrogens (tertiary/aromatic N) is 4. The summed E-state index contributed by atoms with van der Waals surface area (Å²) < 4.78 is 15.9. The molecule has 0 unspecified atom stereocenters. The van der Waals surface area contributed by atoms with Gasteiger partial charge in [0.15, 0.2) is 0 Å². The third kappa shape index (κ3) is 3.38. The van der Waals surface area contributed by atoms with E-state index in [1.54, 1.807) is 11.1 Å². The molecule has 2 heterocycles. The minimum Gasteiger partial charge on any atom is -0.337 e. The van der Waals surface area contributed by atoms with Crippen LogP contribution >= 0.6 is 11.6 Å². The quantitative estimate of drug-likeness (QED) is 0.862. The molecular formula is C16H18ClFN4O. The van der Waals surface area contributed by atoms with Crippen LogP contribution in [0.25, 0.3) is 0 Å². The Kier molecular flexibility index (Phi) is 4.63. The summed E-state index contributed by atoms with van der Waals surface area (Å²) in [6.45, 7) is 3.29. The van der Waals surface area contributed by atoms with Gasteiger partial charge in [0.1, 0.15) is 11.6 Å². The Labute approximate surface area is 139 Å². The molecule has 122 valence electrons. The molecule has 5 nitrogen and oxygen atoms in total. The number of benzene rings is 1. The van der Waals surface area contributed by atoms with Crippen LogP contribution < -0.4 is 0 Å². The number of carbonyl (C=O) groups is 1. The Bertz CT molecular complexity index is 690. The van der Waals surface area contributed by atoms with Gasteiger partial charge in [0.05, 0.1) is 17.1 Å². The summed E-state index contributed by atoms with van der Waals surface area (Å²) in [5.74, 6) is 0.0737. The fraction of sp³-hybridized carbons (Fsp3) is 0.375. The number of hydrogen-bond donors (Lipinski definition) is 0. The summed E-state index contributed by atoms with van der Waals surface area (Å²) in [6.07, 6.45) is 3.69. The van der Waals surface area contributed by atoms with Gasteiger partial charge in [-0.3, -0.25) is 9.69 Å². The van der Waals surface area contributed by atoms with E-state index in [1.165, 1.54) is 18.2 Å². The fourth-order valence-electron chi connectivity index (χ4n) is 2.72. The molecular weight excluding hydrogens is 319 g/mol. The molecule has 1 amide bonds. The van der Waals surface area contributed by atoms with E-state index in [2.05, 4.69) is 9.88 Å². The lowest BCUT2D eigenvalue weighted by molar-refractivity contribution is 0.0620. The number of piperazine rings is 1. The van der Waals surface area contributed by atoms with E-state index in [0.29, 0.717) is 13.1 Å². The normalized spacial score (nSPS) is 15.9. The van der Waals surface area contributed by atoms with Crippen molar-refractivity contribution >= 4 is 17.5 Å². The highest BCUT2D eigenvalue weighted by Gasteiger charge is 2.26. The summed E-state index contributed by atoms with van der Waals surface area (Å²) in [6, 6.07) is 4.30. The van der Waals surface area contributed by atoms with Crippen LogP contribution in [0.3, 0.4) is 0 Å². The Morgan fingerprint density at radius 2 is 2.04 bits per heavy atom. The number of halogens is 2. The number of amides is 1. The lowest BCUT2D eigenvalue weighted by atomic mass is 10.1. The van der Waals surface area contributed by atoms with Gasteiger partial charge in [-0.05, 0) is 12.1 Å². The van der Waals surface area contributed by atoms with Crippen LogP contribution in [0.5, 0.6) is 0 Å². The van der Waals surface area contributed by atoms with Gasteiger partial charge in [-0.25, -0.2) is 9.37 Å². The first-order chi connectivity index (χ1) is 11.1. The highest BCUT2D eigenvalue weighted by molar-refractivity contribution is 6.33. The highest BCUT2D eigenvalue weighted by atomic mass is 35.5. The first kappa shape index (κ1) is 16.0. The molecule has 1 aliphatic heterocycles. The molecule has 0 aliphatic carbocycles. The third-order valence-electron chi connectivity index (χ3n) is 4.12. The number of imidazole rings is 1. The highest BCUT2D eigenvalue weighted by Crippen LogP contribution is 2.21. The zero-order valence-electron chi connectivity index (χ0n) is 12.9. The Balaban J connectivity index is 1.63. The molecule has 1 fully saturated rings. The standard InChI is InChI=1S/C16H18ClFN4O/c1-20-6-5-19-14(20)11-21-7-9-22(10-8-21)16(23)15-12(17)3-2-4-13(15)18/h2-6H,7-11H2,1H3. The number of aryl methyl sites for hydroxylation is 1. The Morgan fingerprint density at radius 3 is 2.65 bits per heavy atom. The van der Waals surface area contributed by atoms with Crippen molar-refractivity contribution in [3.63, 3.8) is 0 Å². The molecule has 1 aliphatic rings. The second kappa shape index (κ2) is 6.68. The van der Waals surface area contributed by atoms with Gasteiger partial charge in [0, 0.05) is 45.6 Å². The first-order valence-electron chi connectivity index (χ1n) is 7.48. The lowest BCUT2D eigenvalue weighted by Crippen LogP contribution is -2.48. The van der Waals surface area contributed by atoms with Crippen molar-refractivity contribution in [3.8, 4) is 0 Å². The Hall–Kier alpha value is -1.92. The van der Waals surface area contributed by atoms with Gasteiger partial charge in [0.25, 0.3) is 5.91 Å². The minimum atomic E-state index is -0.571. The molecule has 0 N–H and O–H groups in total. The second-order valence-corrected chi connectivity index (χ2v) is 6.03. The van der Waals surface area contributed by atoms with Crippen LogP contribution in [0.4, 0.5) is 4.39 Å².